The van der Waals surface area contributed by atoms with E-state index in [1.807, 2.05) is 0 Å². The molecule has 3 aromatic rings. The number of benzene rings is 2. The van der Waals surface area contributed by atoms with Gasteiger partial charge in [0, 0.05) is 54.2 Å². The molecule has 8 heteroatoms. The summed E-state index contributed by atoms with van der Waals surface area (Å²) in [4.78, 5) is 22.9. The number of halogens is 1. The van der Waals surface area contributed by atoms with Crippen LogP contribution in [0, 0.1) is 15.9 Å². The van der Waals surface area contributed by atoms with Crippen molar-refractivity contribution in [3.05, 3.63) is 87.6 Å². The molecule has 35 heavy (non-hydrogen) atoms. The second kappa shape index (κ2) is 9.82. The Morgan fingerprint density at radius 2 is 1.91 bits per heavy atom. The van der Waals surface area contributed by atoms with Crippen LogP contribution in [0.15, 0.2) is 65.9 Å². The molecule has 7 nitrogen and oxygen atoms in total. The zero-order valence-corrected chi connectivity index (χ0v) is 19.7. The quantitative estimate of drug-likeness (QED) is 0.322. The molecule has 1 unspecified atom stereocenters. The molecule has 2 heterocycles. The minimum Gasteiger partial charge on any atom is -0.374 e. The molecule has 0 spiro atoms. The monoisotopic (exact) mass is 473 g/mol. The Morgan fingerprint density at radius 3 is 2.60 bits per heavy atom. The van der Waals surface area contributed by atoms with Gasteiger partial charge in [-0.05, 0) is 69.4 Å². The van der Waals surface area contributed by atoms with E-state index in [1.165, 1.54) is 49.2 Å². The summed E-state index contributed by atoms with van der Waals surface area (Å²) in [5, 5.41) is 14.3. The zero-order valence-electron chi connectivity index (χ0n) is 19.7. The number of anilines is 2. The Morgan fingerprint density at radius 1 is 1.11 bits per heavy atom. The Balaban J connectivity index is 1.49. The van der Waals surface area contributed by atoms with Crippen LogP contribution >= 0.6 is 0 Å². The smallest absolute Gasteiger partial charge is 0.269 e. The van der Waals surface area contributed by atoms with Gasteiger partial charge in [-0.2, -0.15) is 0 Å². The minimum atomic E-state index is -0.415. The summed E-state index contributed by atoms with van der Waals surface area (Å²) in [5.41, 5.74) is 5.02. The van der Waals surface area contributed by atoms with E-state index in [1.54, 1.807) is 35.9 Å². The molecule has 1 saturated heterocycles. The van der Waals surface area contributed by atoms with Gasteiger partial charge in [-0.3, -0.25) is 10.1 Å². The average molecular weight is 474 g/mol. The fraction of sp³-hybridized carbons (Fsp3) is 0.333. The first kappa shape index (κ1) is 23.0. The van der Waals surface area contributed by atoms with Crippen LogP contribution in [0.1, 0.15) is 50.8 Å². The van der Waals surface area contributed by atoms with Crippen LogP contribution in [0.5, 0.6) is 0 Å². The fourth-order valence-corrected chi connectivity index (χ4v) is 4.76. The number of nitro benzene ring substituents is 1. The third-order valence-corrected chi connectivity index (χ3v) is 6.94. The normalized spacial score (nSPS) is 17.6. The van der Waals surface area contributed by atoms with Gasteiger partial charge in [0.15, 0.2) is 0 Å². The molecule has 1 atom stereocenters. The van der Waals surface area contributed by atoms with Crippen molar-refractivity contribution in [3.63, 3.8) is 0 Å². The summed E-state index contributed by atoms with van der Waals surface area (Å²) >= 11 is 0. The number of rotatable bonds is 6. The number of nitrogens with one attached hydrogen (secondary N) is 1. The first-order valence-corrected chi connectivity index (χ1v) is 12.1. The van der Waals surface area contributed by atoms with E-state index < -0.39 is 4.92 Å². The van der Waals surface area contributed by atoms with Crippen LogP contribution in [-0.2, 0) is 0 Å². The van der Waals surface area contributed by atoms with Crippen molar-refractivity contribution < 1.29 is 9.31 Å². The highest BCUT2D eigenvalue weighted by Gasteiger charge is 2.27. The lowest BCUT2D eigenvalue weighted by Gasteiger charge is -2.37. The van der Waals surface area contributed by atoms with Crippen molar-refractivity contribution in [2.45, 2.75) is 44.9 Å². The summed E-state index contributed by atoms with van der Waals surface area (Å²) in [6.07, 6.45) is 5.72. The molecule has 1 aliphatic carbocycles. The maximum Gasteiger partial charge on any atom is 0.269 e. The fourth-order valence-electron chi connectivity index (χ4n) is 4.76. The van der Waals surface area contributed by atoms with Crippen molar-refractivity contribution in [2.75, 3.05) is 18.4 Å². The van der Waals surface area contributed by atoms with E-state index in [0.717, 1.165) is 37.3 Å². The van der Waals surface area contributed by atoms with Gasteiger partial charge < -0.3 is 10.2 Å². The lowest BCUT2D eigenvalue weighted by Crippen LogP contribution is -2.35. The van der Waals surface area contributed by atoms with E-state index in [0.29, 0.717) is 17.2 Å². The number of aromatic nitrogens is 2. The third-order valence-electron chi connectivity index (χ3n) is 6.94. The summed E-state index contributed by atoms with van der Waals surface area (Å²) in [6, 6.07) is 14.4. The standard InChI is InChI=1S/C27H28FN5O2/c1-18(19-5-2-6-19)32-14-4-7-21(17-32)27-30-25(20-10-12-24(13-11-20)33(34)35)16-26(31-27)29-23-9-3-8-22(28)15-23/h3,8-13,15-16,21H,2,4-7,14,17H2,1H3,(H,29,30,31). The van der Waals surface area contributed by atoms with E-state index in [2.05, 4.69) is 17.1 Å². The molecule has 2 fully saturated rings. The number of non-ortho nitro benzene ring substituents is 1. The molecule has 5 rings (SSSR count). The highest BCUT2D eigenvalue weighted by Crippen LogP contribution is 2.35. The van der Waals surface area contributed by atoms with Crippen molar-refractivity contribution in [2.24, 2.45) is 0 Å². The highest BCUT2D eigenvalue weighted by atomic mass is 19.1. The van der Waals surface area contributed by atoms with Gasteiger partial charge in [-0.1, -0.05) is 11.6 Å². The summed E-state index contributed by atoms with van der Waals surface area (Å²) < 4.78 is 13.8. The van der Waals surface area contributed by atoms with Crippen LogP contribution in [-0.4, -0.2) is 32.9 Å². The predicted molar refractivity (Wildman–Crippen MR) is 134 cm³/mol. The summed E-state index contributed by atoms with van der Waals surface area (Å²) in [6.45, 7) is 4.13. The van der Waals surface area contributed by atoms with Crippen LogP contribution in [0.2, 0.25) is 0 Å². The Kier molecular flexibility index (Phi) is 6.44. The Labute approximate surface area is 203 Å². The number of hydrogen-bond donors (Lipinski definition) is 1. The van der Waals surface area contributed by atoms with Gasteiger partial charge >= 0.3 is 0 Å². The number of likely N-dealkylation sites (tertiary alicyclic amines) is 1. The SMILES string of the molecule is CC(=C1CCC1)N1CCCC(c2nc(Nc3cccc(F)c3)cc(-c3ccc([N+](=O)[O-])cc3)n2)C1. The summed E-state index contributed by atoms with van der Waals surface area (Å²) in [5.74, 6) is 1.13. The minimum absolute atomic E-state index is 0.0311. The van der Waals surface area contributed by atoms with Crippen LogP contribution in [0.25, 0.3) is 11.3 Å². The van der Waals surface area contributed by atoms with E-state index in [9.17, 15) is 14.5 Å². The summed E-state index contributed by atoms with van der Waals surface area (Å²) in [7, 11) is 0. The molecule has 0 amide bonds. The number of nitrogens with zero attached hydrogens (tertiary/aromatic N) is 4. The Bertz CT molecular complexity index is 1270. The largest absolute Gasteiger partial charge is 0.374 e. The topological polar surface area (TPSA) is 84.2 Å². The maximum absolute atomic E-state index is 13.8. The lowest BCUT2D eigenvalue weighted by molar-refractivity contribution is -0.384. The lowest BCUT2D eigenvalue weighted by atomic mass is 9.89. The van der Waals surface area contributed by atoms with E-state index in [-0.39, 0.29) is 17.4 Å². The average Bonchev–Trinajstić information content (AvgIpc) is 2.83. The van der Waals surface area contributed by atoms with E-state index >= 15 is 0 Å². The van der Waals surface area contributed by atoms with Crippen molar-refractivity contribution >= 4 is 17.2 Å². The molecule has 2 aliphatic rings. The van der Waals surface area contributed by atoms with Gasteiger partial charge in [0.25, 0.3) is 5.69 Å². The molecule has 0 radical (unpaired) electrons. The maximum atomic E-state index is 13.8. The molecule has 1 aromatic heterocycles. The van der Waals surface area contributed by atoms with Crippen molar-refractivity contribution in [1.82, 2.24) is 14.9 Å². The second-order valence-corrected chi connectivity index (χ2v) is 9.26. The third kappa shape index (κ3) is 5.16. The molecule has 180 valence electrons. The van der Waals surface area contributed by atoms with Gasteiger partial charge in [0.05, 0.1) is 10.6 Å². The van der Waals surface area contributed by atoms with Crippen LogP contribution in [0.3, 0.4) is 0 Å². The molecule has 2 aromatic carbocycles. The molecule has 0 bridgehead atoms. The van der Waals surface area contributed by atoms with Crippen LogP contribution < -0.4 is 5.32 Å². The zero-order chi connectivity index (χ0) is 24.4. The van der Waals surface area contributed by atoms with Gasteiger partial charge in [-0.25, -0.2) is 14.4 Å². The first-order chi connectivity index (χ1) is 17.0. The number of allylic oxidation sites excluding steroid dienone is 2. The highest BCUT2D eigenvalue weighted by molar-refractivity contribution is 5.66. The molecule has 1 saturated carbocycles. The number of nitro groups is 1. The van der Waals surface area contributed by atoms with Crippen LogP contribution in [0.4, 0.5) is 21.6 Å². The van der Waals surface area contributed by atoms with Crippen molar-refractivity contribution in [1.29, 1.82) is 0 Å². The molecular weight excluding hydrogens is 445 g/mol. The van der Waals surface area contributed by atoms with Gasteiger partial charge in [-0.15, -0.1) is 0 Å². The number of piperidine rings is 1. The first-order valence-electron chi connectivity index (χ1n) is 12.1. The van der Waals surface area contributed by atoms with E-state index in [4.69, 9.17) is 9.97 Å². The van der Waals surface area contributed by atoms with Gasteiger partial charge in [0.1, 0.15) is 17.5 Å². The predicted octanol–water partition coefficient (Wildman–Crippen LogP) is 6.57. The second-order valence-electron chi connectivity index (χ2n) is 9.26. The molecular formula is C27H28FN5O2. The van der Waals surface area contributed by atoms with Crippen molar-refractivity contribution in [3.8, 4) is 11.3 Å². The molecule has 1 aliphatic heterocycles. The Hall–Kier alpha value is -3.81. The van der Waals surface area contributed by atoms with Gasteiger partial charge in [0.2, 0.25) is 0 Å². The molecule has 1 N–H and O–H groups in total. The number of hydrogen-bond acceptors (Lipinski definition) is 6.